The summed E-state index contributed by atoms with van der Waals surface area (Å²) in [6.07, 6.45) is 1.57. The van der Waals surface area contributed by atoms with Crippen molar-refractivity contribution < 1.29 is 0 Å². The zero-order chi connectivity index (χ0) is 13.8. The molecule has 19 heavy (non-hydrogen) atoms. The highest BCUT2D eigenvalue weighted by Crippen LogP contribution is 2.05. The van der Waals surface area contributed by atoms with E-state index in [1.807, 2.05) is 6.07 Å². The van der Waals surface area contributed by atoms with E-state index < -0.39 is 11.2 Å². The SMILES string of the molecule is C/C=N/N(C)c1cc(=O)n(-c2ccccc2)c(=O)[nH]1. The molecular weight excluding hydrogens is 244 g/mol. The predicted octanol–water partition coefficient (Wildman–Crippen LogP) is 0.968. The van der Waals surface area contributed by atoms with Crippen LogP contribution in [0, 0.1) is 0 Å². The van der Waals surface area contributed by atoms with Crippen LogP contribution in [0.2, 0.25) is 0 Å². The van der Waals surface area contributed by atoms with E-state index in [-0.39, 0.29) is 0 Å². The number of para-hydroxylation sites is 1. The first-order valence-corrected chi connectivity index (χ1v) is 5.77. The van der Waals surface area contributed by atoms with Crippen LogP contribution >= 0.6 is 0 Å². The van der Waals surface area contributed by atoms with Crippen molar-refractivity contribution in [3.8, 4) is 5.69 Å². The minimum atomic E-state index is -0.494. The number of aromatic amines is 1. The molecule has 0 bridgehead atoms. The van der Waals surface area contributed by atoms with Gasteiger partial charge in [0.05, 0.1) is 5.69 Å². The summed E-state index contributed by atoms with van der Waals surface area (Å²) in [5.74, 6) is 0.347. The van der Waals surface area contributed by atoms with Gasteiger partial charge in [0.25, 0.3) is 5.56 Å². The average Bonchev–Trinajstić information content (AvgIpc) is 2.39. The number of aromatic nitrogens is 2. The first-order valence-electron chi connectivity index (χ1n) is 5.77. The monoisotopic (exact) mass is 258 g/mol. The summed E-state index contributed by atoms with van der Waals surface area (Å²) in [6.45, 7) is 1.75. The molecule has 0 radical (unpaired) electrons. The lowest BCUT2D eigenvalue weighted by Crippen LogP contribution is -2.34. The van der Waals surface area contributed by atoms with Crippen molar-refractivity contribution in [2.75, 3.05) is 12.1 Å². The van der Waals surface area contributed by atoms with Crippen molar-refractivity contribution in [3.63, 3.8) is 0 Å². The quantitative estimate of drug-likeness (QED) is 0.658. The molecule has 0 aliphatic carbocycles. The van der Waals surface area contributed by atoms with E-state index in [0.717, 1.165) is 4.57 Å². The van der Waals surface area contributed by atoms with E-state index in [0.29, 0.717) is 11.5 Å². The fourth-order valence-corrected chi connectivity index (χ4v) is 1.71. The number of nitrogens with zero attached hydrogens (tertiary/aromatic N) is 3. The van der Waals surface area contributed by atoms with E-state index >= 15 is 0 Å². The molecule has 98 valence electrons. The zero-order valence-electron chi connectivity index (χ0n) is 10.7. The van der Waals surface area contributed by atoms with Gasteiger partial charge in [-0.25, -0.2) is 9.36 Å². The Labute approximate surface area is 109 Å². The summed E-state index contributed by atoms with van der Waals surface area (Å²) in [6, 6.07) is 10.1. The molecule has 0 saturated heterocycles. The molecule has 0 aliphatic heterocycles. The normalized spacial score (nSPS) is 10.8. The Morgan fingerprint density at radius 2 is 1.95 bits per heavy atom. The van der Waals surface area contributed by atoms with Crippen LogP contribution in [0.5, 0.6) is 0 Å². The van der Waals surface area contributed by atoms with Crippen molar-refractivity contribution >= 4 is 12.0 Å². The van der Waals surface area contributed by atoms with Gasteiger partial charge >= 0.3 is 5.69 Å². The van der Waals surface area contributed by atoms with Crippen molar-refractivity contribution in [3.05, 3.63) is 57.2 Å². The molecule has 0 aliphatic rings. The molecule has 1 aromatic carbocycles. The molecule has 6 heteroatoms. The molecule has 2 rings (SSSR count). The van der Waals surface area contributed by atoms with E-state index in [2.05, 4.69) is 10.1 Å². The lowest BCUT2D eigenvalue weighted by atomic mass is 10.3. The molecule has 0 atom stereocenters. The molecule has 2 aromatic rings. The molecule has 0 saturated carbocycles. The third-order valence-corrected chi connectivity index (χ3v) is 2.57. The molecule has 0 fully saturated rings. The highest BCUT2D eigenvalue weighted by Gasteiger charge is 2.08. The Morgan fingerprint density at radius 3 is 2.53 bits per heavy atom. The van der Waals surface area contributed by atoms with Crippen LogP contribution in [0.1, 0.15) is 6.92 Å². The van der Waals surface area contributed by atoms with E-state index in [1.54, 1.807) is 44.5 Å². The lowest BCUT2D eigenvalue weighted by Gasteiger charge is -2.12. The molecule has 6 nitrogen and oxygen atoms in total. The van der Waals surface area contributed by atoms with Gasteiger partial charge in [-0.15, -0.1) is 0 Å². The van der Waals surface area contributed by atoms with Crippen LogP contribution in [-0.4, -0.2) is 22.8 Å². The summed E-state index contributed by atoms with van der Waals surface area (Å²) in [4.78, 5) is 26.7. The second-order valence-electron chi connectivity index (χ2n) is 3.87. The van der Waals surface area contributed by atoms with Crippen LogP contribution in [0.25, 0.3) is 5.69 Å². The number of anilines is 1. The number of hydrogen-bond donors (Lipinski definition) is 1. The molecule has 1 N–H and O–H groups in total. The second-order valence-corrected chi connectivity index (χ2v) is 3.87. The Morgan fingerprint density at radius 1 is 1.26 bits per heavy atom. The first kappa shape index (κ1) is 12.8. The van der Waals surface area contributed by atoms with Gasteiger partial charge in [-0.2, -0.15) is 5.10 Å². The van der Waals surface area contributed by atoms with Gasteiger partial charge in [0.15, 0.2) is 0 Å². The maximum Gasteiger partial charge on any atom is 0.334 e. The molecule has 0 amide bonds. The summed E-state index contributed by atoms with van der Waals surface area (Å²) < 4.78 is 1.08. The summed E-state index contributed by atoms with van der Waals surface area (Å²) >= 11 is 0. The predicted molar refractivity (Wildman–Crippen MR) is 75.2 cm³/mol. The second kappa shape index (κ2) is 5.34. The van der Waals surface area contributed by atoms with Crippen LogP contribution in [0.4, 0.5) is 5.82 Å². The summed E-state index contributed by atoms with van der Waals surface area (Å²) in [5, 5.41) is 5.40. The Kier molecular flexibility index (Phi) is 3.61. The van der Waals surface area contributed by atoms with Crippen LogP contribution < -0.4 is 16.3 Å². The Hall–Kier alpha value is -2.63. The van der Waals surface area contributed by atoms with Crippen LogP contribution in [-0.2, 0) is 0 Å². The number of H-pyrrole nitrogens is 1. The average molecular weight is 258 g/mol. The minimum absolute atomic E-state index is 0.347. The maximum atomic E-state index is 12.0. The molecule has 0 spiro atoms. The van der Waals surface area contributed by atoms with E-state index in [4.69, 9.17) is 0 Å². The van der Waals surface area contributed by atoms with Crippen molar-refractivity contribution in [2.45, 2.75) is 6.92 Å². The van der Waals surface area contributed by atoms with Gasteiger partial charge in [0.2, 0.25) is 0 Å². The highest BCUT2D eigenvalue weighted by atomic mass is 16.2. The van der Waals surface area contributed by atoms with Gasteiger partial charge in [-0.05, 0) is 19.1 Å². The number of hydrogen-bond acceptors (Lipinski definition) is 4. The van der Waals surface area contributed by atoms with Gasteiger partial charge in [0, 0.05) is 19.3 Å². The topological polar surface area (TPSA) is 70.5 Å². The first-order chi connectivity index (χ1) is 9.13. The highest BCUT2D eigenvalue weighted by molar-refractivity contribution is 5.55. The fourth-order valence-electron chi connectivity index (χ4n) is 1.71. The third kappa shape index (κ3) is 2.62. The summed E-state index contributed by atoms with van der Waals surface area (Å²) in [5.41, 5.74) is -0.364. The van der Waals surface area contributed by atoms with Gasteiger partial charge in [-0.3, -0.25) is 14.8 Å². The number of nitrogens with one attached hydrogen (secondary N) is 1. The fraction of sp³-hybridized carbons (Fsp3) is 0.154. The van der Waals surface area contributed by atoms with Crippen molar-refractivity contribution in [1.29, 1.82) is 0 Å². The van der Waals surface area contributed by atoms with Gasteiger partial charge in [0.1, 0.15) is 5.82 Å². The van der Waals surface area contributed by atoms with Crippen molar-refractivity contribution in [1.82, 2.24) is 9.55 Å². The minimum Gasteiger partial charge on any atom is -0.292 e. The Balaban J connectivity index is 2.56. The number of benzene rings is 1. The molecule has 0 unspecified atom stereocenters. The zero-order valence-corrected chi connectivity index (χ0v) is 10.7. The van der Waals surface area contributed by atoms with Crippen molar-refractivity contribution in [2.24, 2.45) is 5.10 Å². The van der Waals surface area contributed by atoms with E-state index in [9.17, 15) is 9.59 Å². The van der Waals surface area contributed by atoms with Crippen LogP contribution in [0.15, 0.2) is 51.1 Å². The van der Waals surface area contributed by atoms with Gasteiger partial charge in [-0.1, -0.05) is 18.2 Å². The number of rotatable bonds is 3. The maximum absolute atomic E-state index is 12.0. The third-order valence-electron chi connectivity index (χ3n) is 2.57. The lowest BCUT2D eigenvalue weighted by molar-refractivity contribution is 0.849. The standard InChI is InChI=1S/C13H14N4O2/c1-3-14-16(2)11-9-12(18)17(13(19)15-11)10-7-5-4-6-8-10/h3-9H,1-2H3,(H,15,19)/b14-3+. The Bertz CT molecular complexity index is 669. The number of hydrazone groups is 1. The van der Waals surface area contributed by atoms with Crippen LogP contribution in [0.3, 0.4) is 0 Å². The molecular formula is C13H14N4O2. The smallest absolute Gasteiger partial charge is 0.292 e. The molecule has 1 heterocycles. The van der Waals surface area contributed by atoms with Gasteiger partial charge < -0.3 is 0 Å². The largest absolute Gasteiger partial charge is 0.334 e. The summed E-state index contributed by atoms with van der Waals surface area (Å²) in [7, 11) is 1.65. The molecule has 1 aromatic heterocycles. The van der Waals surface area contributed by atoms with E-state index in [1.165, 1.54) is 11.1 Å².